The maximum absolute atomic E-state index is 13.4. The minimum Gasteiger partial charge on any atom is -0.444 e. The molecule has 6 rings (SSSR count). The number of rotatable bonds is 6. The van der Waals surface area contributed by atoms with Crippen molar-refractivity contribution in [1.29, 1.82) is 5.26 Å². The molecule has 3 fully saturated rings. The largest absolute Gasteiger partial charge is 0.444 e. The van der Waals surface area contributed by atoms with Crippen molar-refractivity contribution in [2.45, 2.75) is 89.1 Å². The van der Waals surface area contributed by atoms with Gasteiger partial charge in [0.05, 0.1) is 17.1 Å². The normalized spacial score (nSPS) is 22.1. The van der Waals surface area contributed by atoms with Crippen LogP contribution in [0, 0.1) is 17.2 Å². The fourth-order valence-corrected chi connectivity index (χ4v) is 6.44. The van der Waals surface area contributed by atoms with E-state index in [0.717, 1.165) is 37.5 Å². The van der Waals surface area contributed by atoms with Crippen molar-refractivity contribution in [3.8, 4) is 6.07 Å². The standard InChI is InChI=1S/C32H35N5O5/c1-32(2,3)42-31(41)37-21-11-8-18(15-21)27(37)30(40)35-20(16-33)13-17-7-12-22-23-5-4-6-24(28(38)34-19-9-10-19)26(23)36-29(39)25(22)14-17/h4-7,12,14,18-21,27H,8-11,13,15H2,1-3H3,(H,34,38)(H,35,40)(H,36,39)/t18-,20?,21+,27-/m0/s1. The number of para-hydroxylation sites is 1. The van der Waals surface area contributed by atoms with Crippen molar-refractivity contribution in [1.82, 2.24) is 20.5 Å². The number of amides is 3. The number of piperidine rings is 1. The van der Waals surface area contributed by atoms with E-state index in [9.17, 15) is 24.4 Å². The molecule has 0 spiro atoms. The molecule has 10 heteroatoms. The molecule has 2 saturated carbocycles. The van der Waals surface area contributed by atoms with Gasteiger partial charge in [-0.25, -0.2) is 4.79 Å². The number of pyridine rings is 1. The summed E-state index contributed by atoms with van der Waals surface area (Å²) in [6.45, 7) is 5.38. The molecule has 1 unspecified atom stereocenters. The Kier molecular flexibility index (Phi) is 6.92. The molecule has 10 nitrogen and oxygen atoms in total. The summed E-state index contributed by atoms with van der Waals surface area (Å²) in [5.41, 5.74) is 0.607. The first kappa shape index (κ1) is 27.8. The Bertz CT molecular complexity index is 1700. The van der Waals surface area contributed by atoms with Crippen LogP contribution in [0.1, 0.15) is 68.8 Å². The maximum Gasteiger partial charge on any atom is 0.411 e. The van der Waals surface area contributed by atoms with Gasteiger partial charge in [-0.05, 0) is 81.9 Å². The van der Waals surface area contributed by atoms with Crippen LogP contribution >= 0.6 is 0 Å². The Morgan fingerprint density at radius 1 is 1.10 bits per heavy atom. The molecule has 3 N–H and O–H groups in total. The number of nitrogens with one attached hydrogen (secondary N) is 3. The topological polar surface area (TPSA) is 144 Å². The number of carbonyl (C=O) groups excluding carboxylic acids is 3. The molecular weight excluding hydrogens is 534 g/mol. The molecule has 3 amide bonds. The summed E-state index contributed by atoms with van der Waals surface area (Å²) in [7, 11) is 0. The van der Waals surface area contributed by atoms with E-state index >= 15 is 0 Å². The lowest BCUT2D eigenvalue weighted by atomic mass is 9.96. The summed E-state index contributed by atoms with van der Waals surface area (Å²) in [4.78, 5) is 56.8. The number of aromatic nitrogens is 1. The Morgan fingerprint density at radius 2 is 1.88 bits per heavy atom. The molecule has 3 aromatic rings. The Morgan fingerprint density at radius 3 is 2.60 bits per heavy atom. The average molecular weight is 570 g/mol. The van der Waals surface area contributed by atoms with Gasteiger partial charge in [0.25, 0.3) is 11.5 Å². The van der Waals surface area contributed by atoms with Gasteiger partial charge in [0.15, 0.2) is 0 Å². The van der Waals surface area contributed by atoms with Gasteiger partial charge >= 0.3 is 6.09 Å². The summed E-state index contributed by atoms with van der Waals surface area (Å²) in [6.07, 6.45) is 4.05. The Labute approximate surface area is 243 Å². The molecule has 1 saturated heterocycles. The zero-order valence-electron chi connectivity index (χ0n) is 24.0. The molecular formula is C32H35N5O5. The fourth-order valence-electron chi connectivity index (χ4n) is 6.44. The van der Waals surface area contributed by atoms with E-state index in [-0.39, 0.29) is 41.8 Å². The van der Waals surface area contributed by atoms with Crippen LogP contribution in [0.3, 0.4) is 0 Å². The molecule has 2 aromatic carbocycles. The molecule has 2 aliphatic carbocycles. The quantitative estimate of drug-likeness (QED) is 0.384. The lowest BCUT2D eigenvalue weighted by molar-refractivity contribution is -0.128. The van der Waals surface area contributed by atoms with E-state index < -0.39 is 23.8 Å². The van der Waals surface area contributed by atoms with E-state index in [1.54, 1.807) is 43.9 Å². The molecule has 2 heterocycles. The molecule has 2 bridgehead atoms. The first-order valence-corrected chi connectivity index (χ1v) is 14.6. The predicted octanol–water partition coefficient (Wildman–Crippen LogP) is 3.91. The number of likely N-dealkylation sites (tertiary alicyclic amines) is 1. The van der Waals surface area contributed by atoms with Crippen LogP contribution in [0.4, 0.5) is 4.79 Å². The third-order valence-electron chi connectivity index (χ3n) is 8.45. The molecule has 4 atom stereocenters. The molecule has 3 aliphatic rings. The van der Waals surface area contributed by atoms with E-state index in [4.69, 9.17) is 4.74 Å². The summed E-state index contributed by atoms with van der Waals surface area (Å²) < 4.78 is 5.59. The minimum absolute atomic E-state index is 0.0330. The summed E-state index contributed by atoms with van der Waals surface area (Å²) in [5, 5.41) is 17.6. The van der Waals surface area contributed by atoms with Gasteiger partial charge < -0.3 is 20.4 Å². The van der Waals surface area contributed by atoms with Crippen LogP contribution in [0.5, 0.6) is 0 Å². The number of hydrogen-bond donors (Lipinski definition) is 3. The maximum atomic E-state index is 13.4. The highest BCUT2D eigenvalue weighted by Crippen LogP contribution is 2.43. The Balaban J connectivity index is 1.22. The highest BCUT2D eigenvalue weighted by Gasteiger charge is 2.52. The van der Waals surface area contributed by atoms with Crippen LogP contribution in [-0.4, -0.2) is 57.6 Å². The van der Waals surface area contributed by atoms with E-state index in [0.29, 0.717) is 27.4 Å². The number of fused-ring (bicyclic) bond motifs is 5. The second-order valence-electron chi connectivity index (χ2n) is 12.8. The van der Waals surface area contributed by atoms with Gasteiger partial charge in [-0.3, -0.25) is 19.3 Å². The van der Waals surface area contributed by atoms with Crippen LogP contribution < -0.4 is 16.2 Å². The highest BCUT2D eigenvalue weighted by atomic mass is 16.6. The lowest BCUT2D eigenvalue weighted by Gasteiger charge is -2.35. The van der Waals surface area contributed by atoms with Crippen molar-refractivity contribution >= 4 is 39.6 Å². The van der Waals surface area contributed by atoms with Crippen LogP contribution in [0.15, 0.2) is 41.2 Å². The minimum atomic E-state index is -0.855. The molecule has 218 valence electrons. The van der Waals surface area contributed by atoms with Crippen molar-refractivity contribution < 1.29 is 19.1 Å². The number of H-pyrrole nitrogens is 1. The van der Waals surface area contributed by atoms with Gasteiger partial charge in [-0.2, -0.15) is 5.26 Å². The predicted molar refractivity (Wildman–Crippen MR) is 157 cm³/mol. The Hall–Kier alpha value is -4.39. The van der Waals surface area contributed by atoms with Crippen molar-refractivity contribution in [2.24, 2.45) is 5.92 Å². The third-order valence-corrected chi connectivity index (χ3v) is 8.45. The van der Waals surface area contributed by atoms with E-state index in [2.05, 4.69) is 21.7 Å². The molecule has 1 aromatic heterocycles. The van der Waals surface area contributed by atoms with Gasteiger partial charge in [0, 0.05) is 29.3 Å². The first-order valence-electron chi connectivity index (χ1n) is 14.6. The van der Waals surface area contributed by atoms with E-state index in [1.807, 2.05) is 18.2 Å². The number of benzene rings is 2. The SMILES string of the molecule is CC(C)(C)OC(=O)N1[C@@H]2CC[C@@H](C2)[C@H]1C(=O)NC(C#N)Cc1ccc2c(c1)c(=O)[nH]c1c(C(=O)NC3CC3)cccc12. The number of nitrogens with zero attached hydrogens (tertiary/aromatic N) is 2. The smallest absolute Gasteiger partial charge is 0.411 e. The zero-order chi connectivity index (χ0) is 29.8. The van der Waals surface area contributed by atoms with Crippen LogP contribution in [0.2, 0.25) is 0 Å². The van der Waals surface area contributed by atoms with Crippen molar-refractivity contribution in [3.63, 3.8) is 0 Å². The monoisotopic (exact) mass is 569 g/mol. The zero-order valence-corrected chi connectivity index (χ0v) is 24.0. The molecule has 1 aliphatic heterocycles. The first-order chi connectivity index (χ1) is 20.0. The summed E-state index contributed by atoms with van der Waals surface area (Å²) in [6, 6.07) is 11.5. The lowest BCUT2D eigenvalue weighted by Crippen LogP contribution is -2.55. The second-order valence-corrected chi connectivity index (χ2v) is 12.8. The van der Waals surface area contributed by atoms with Crippen molar-refractivity contribution in [2.75, 3.05) is 0 Å². The average Bonchev–Trinajstić information content (AvgIpc) is 3.50. The fraction of sp³-hybridized carbons (Fsp3) is 0.469. The third kappa shape index (κ3) is 5.31. The van der Waals surface area contributed by atoms with Gasteiger partial charge in [0.1, 0.15) is 17.7 Å². The van der Waals surface area contributed by atoms with Gasteiger partial charge in [-0.1, -0.05) is 24.3 Å². The van der Waals surface area contributed by atoms with E-state index in [1.165, 1.54) is 0 Å². The van der Waals surface area contributed by atoms with Gasteiger partial charge in [-0.15, -0.1) is 0 Å². The second kappa shape index (κ2) is 10.5. The number of nitriles is 1. The van der Waals surface area contributed by atoms with Crippen LogP contribution in [-0.2, 0) is 16.0 Å². The highest BCUT2D eigenvalue weighted by molar-refractivity contribution is 6.13. The number of hydrogen-bond acceptors (Lipinski definition) is 6. The number of aromatic amines is 1. The number of ether oxygens (including phenoxy) is 1. The van der Waals surface area contributed by atoms with Crippen molar-refractivity contribution in [3.05, 3.63) is 57.9 Å². The number of carbonyl (C=O) groups is 3. The summed E-state index contributed by atoms with van der Waals surface area (Å²) >= 11 is 0. The van der Waals surface area contributed by atoms with Gasteiger partial charge in [0.2, 0.25) is 5.91 Å². The van der Waals surface area contributed by atoms with Crippen LogP contribution in [0.25, 0.3) is 21.7 Å². The molecule has 42 heavy (non-hydrogen) atoms. The summed E-state index contributed by atoms with van der Waals surface area (Å²) in [5.74, 6) is -0.532. The molecule has 0 radical (unpaired) electrons.